The zero-order chi connectivity index (χ0) is 22.2. The lowest BCUT2D eigenvalue weighted by molar-refractivity contribution is 0.0240. The quantitative estimate of drug-likeness (QED) is 0.716. The second-order valence-electron chi connectivity index (χ2n) is 8.49. The standard InChI is InChI=1S/C22H28FN3O4/c1-6-24-13-16(14(2)27)20(28)15-11-17(23)19(12-18(15)24)25-7-9-26(10-8-25)21(29)30-22(3,4)5/h11-13H,6-10H2,1-5H3. The first-order valence-corrected chi connectivity index (χ1v) is 10.1. The number of ether oxygens (including phenoxy) is 1. The summed E-state index contributed by atoms with van der Waals surface area (Å²) in [4.78, 5) is 40.2. The number of carbonyl (C=O) groups excluding carboxylic acids is 2. The number of fused-ring (bicyclic) bond motifs is 1. The minimum atomic E-state index is -0.568. The number of rotatable bonds is 3. The third-order valence-corrected chi connectivity index (χ3v) is 5.14. The van der Waals surface area contributed by atoms with Crippen molar-refractivity contribution in [2.24, 2.45) is 0 Å². The lowest BCUT2D eigenvalue weighted by Gasteiger charge is -2.37. The fraction of sp³-hybridized carbons (Fsp3) is 0.500. The number of benzene rings is 1. The maximum Gasteiger partial charge on any atom is 0.410 e. The van der Waals surface area contributed by atoms with Crippen molar-refractivity contribution in [2.75, 3.05) is 31.1 Å². The molecule has 0 N–H and O–H groups in total. The molecule has 2 heterocycles. The first kappa shape index (κ1) is 21.8. The summed E-state index contributed by atoms with van der Waals surface area (Å²) in [6.07, 6.45) is 1.16. The van der Waals surface area contributed by atoms with Crippen LogP contribution < -0.4 is 10.3 Å². The Kier molecular flexibility index (Phi) is 5.87. The van der Waals surface area contributed by atoms with Gasteiger partial charge in [0.2, 0.25) is 0 Å². The number of hydrogen-bond donors (Lipinski definition) is 0. The lowest BCUT2D eigenvalue weighted by atomic mass is 10.1. The Labute approximate surface area is 175 Å². The van der Waals surface area contributed by atoms with E-state index in [1.807, 2.05) is 32.6 Å². The van der Waals surface area contributed by atoms with Gasteiger partial charge in [0.1, 0.15) is 11.4 Å². The number of ketones is 1. The number of amides is 1. The fourth-order valence-electron chi connectivity index (χ4n) is 3.61. The number of anilines is 1. The maximum absolute atomic E-state index is 15.0. The van der Waals surface area contributed by atoms with Crippen LogP contribution in [0.15, 0.2) is 23.1 Å². The molecule has 162 valence electrons. The number of aromatic nitrogens is 1. The highest BCUT2D eigenvalue weighted by atomic mass is 19.1. The lowest BCUT2D eigenvalue weighted by Crippen LogP contribution is -2.50. The first-order chi connectivity index (χ1) is 14.0. The second-order valence-corrected chi connectivity index (χ2v) is 8.49. The second kappa shape index (κ2) is 8.08. The number of piperazine rings is 1. The predicted octanol–water partition coefficient (Wildman–Crippen LogP) is 3.42. The summed E-state index contributed by atoms with van der Waals surface area (Å²) >= 11 is 0. The third-order valence-electron chi connectivity index (χ3n) is 5.14. The van der Waals surface area contributed by atoms with Crippen LogP contribution in [-0.4, -0.2) is 53.1 Å². The van der Waals surface area contributed by atoms with Crippen molar-refractivity contribution in [1.29, 1.82) is 0 Å². The summed E-state index contributed by atoms with van der Waals surface area (Å²) < 4.78 is 22.1. The molecule has 3 rings (SSSR count). The molecule has 1 amide bonds. The molecule has 1 aromatic heterocycles. The van der Waals surface area contributed by atoms with Crippen molar-refractivity contribution in [2.45, 2.75) is 46.8 Å². The molecule has 7 nitrogen and oxygen atoms in total. The first-order valence-electron chi connectivity index (χ1n) is 10.1. The average Bonchev–Trinajstić information content (AvgIpc) is 2.67. The third kappa shape index (κ3) is 4.32. The molecule has 1 aliphatic heterocycles. The molecule has 1 aliphatic rings. The molecule has 0 unspecified atom stereocenters. The van der Waals surface area contributed by atoms with Gasteiger partial charge >= 0.3 is 6.09 Å². The van der Waals surface area contributed by atoms with E-state index in [0.29, 0.717) is 43.9 Å². The van der Waals surface area contributed by atoms with E-state index in [4.69, 9.17) is 4.74 Å². The van der Waals surface area contributed by atoms with Crippen LogP contribution >= 0.6 is 0 Å². The molecular formula is C22H28FN3O4. The van der Waals surface area contributed by atoms with Crippen LogP contribution in [0.2, 0.25) is 0 Å². The Morgan fingerprint density at radius 3 is 2.30 bits per heavy atom. The Morgan fingerprint density at radius 2 is 1.77 bits per heavy atom. The van der Waals surface area contributed by atoms with Crippen LogP contribution in [0.5, 0.6) is 0 Å². The zero-order valence-electron chi connectivity index (χ0n) is 18.1. The molecule has 2 aromatic rings. The largest absolute Gasteiger partial charge is 0.444 e. The van der Waals surface area contributed by atoms with E-state index in [2.05, 4.69) is 0 Å². The minimum Gasteiger partial charge on any atom is -0.444 e. The van der Waals surface area contributed by atoms with E-state index in [9.17, 15) is 18.8 Å². The summed E-state index contributed by atoms with van der Waals surface area (Å²) in [5, 5.41) is 0.193. The molecule has 30 heavy (non-hydrogen) atoms. The van der Waals surface area contributed by atoms with Crippen LogP contribution in [-0.2, 0) is 11.3 Å². The average molecular weight is 417 g/mol. The van der Waals surface area contributed by atoms with Gasteiger partial charge < -0.3 is 19.1 Å². The SMILES string of the molecule is CCn1cc(C(C)=O)c(=O)c2cc(F)c(N3CCN(C(=O)OC(C)(C)C)CC3)cc21. The number of hydrogen-bond acceptors (Lipinski definition) is 5. The van der Waals surface area contributed by atoms with Gasteiger partial charge in [0.25, 0.3) is 0 Å². The maximum atomic E-state index is 15.0. The van der Waals surface area contributed by atoms with Gasteiger partial charge in [-0.25, -0.2) is 9.18 Å². The van der Waals surface area contributed by atoms with Gasteiger partial charge in [-0.15, -0.1) is 0 Å². The molecule has 0 bridgehead atoms. The monoisotopic (exact) mass is 417 g/mol. The van der Waals surface area contributed by atoms with Crippen LogP contribution in [0.25, 0.3) is 10.9 Å². The Hall–Kier alpha value is -2.90. The molecular weight excluding hydrogens is 389 g/mol. The smallest absolute Gasteiger partial charge is 0.410 e. The topological polar surface area (TPSA) is 71.9 Å². The van der Waals surface area contributed by atoms with Gasteiger partial charge in [0.15, 0.2) is 11.2 Å². The molecule has 1 saturated heterocycles. The minimum absolute atomic E-state index is 0.0578. The zero-order valence-corrected chi connectivity index (χ0v) is 18.1. The van der Waals surface area contributed by atoms with E-state index in [0.717, 1.165) is 0 Å². The molecule has 0 aliphatic carbocycles. The van der Waals surface area contributed by atoms with Gasteiger partial charge in [0.05, 0.1) is 16.8 Å². The van der Waals surface area contributed by atoms with E-state index < -0.39 is 16.8 Å². The van der Waals surface area contributed by atoms with Crippen molar-refractivity contribution in [3.63, 3.8) is 0 Å². The van der Waals surface area contributed by atoms with Crippen molar-refractivity contribution in [1.82, 2.24) is 9.47 Å². The number of pyridine rings is 1. The van der Waals surface area contributed by atoms with Gasteiger partial charge in [0, 0.05) is 44.3 Å². The van der Waals surface area contributed by atoms with Crippen molar-refractivity contribution in [3.8, 4) is 0 Å². The van der Waals surface area contributed by atoms with Crippen molar-refractivity contribution >= 4 is 28.5 Å². The summed E-state index contributed by atoms with van der Waals surface area (Å²) in [5.41, 5.74) is -0.00634. The van der Waals surface area contributed by atoms with Crippen molar-refractivity contribution in [3.05, 3.63) is 39.9 Å². The predicted molar refractivity (Wildman–Crippen MR) is 114 cm³/mol. The van der Waals surface area contributed by atoms with E-state index in [-0.39, 0.29) is 22.8 Å². The van der Waals surface area contributed by atoms with Crippen LogP contribution in [0.3, 0.4) is 0 Å². The number of carbonyl (C=O) groups is 2. The Morgan fingerprint density at radius 1 is 1.13 bits per heavy atom. The van der Waals surface area contributed by atoms with Gasteiger partial charge in [-0.2, -0.15) is 0 Å². The summed E-state index contributed by atoms with van der Waals surface area (Å²) in [6, 6.07) is 2.87. The molecule has 0 atom stereocenters. The Balaban J connectivity index is 1.90. The highest BCUT2D eigenvalue weighted by molar-refractivity contribution is 5.97. The summed E-state index contributed by atoms with van der Waals surface area (Å²) in [6.45, 7) is 10.9. The van der Waals surface area contributed by atoms with Gasteiger partial charge in [-0.1, -0.05) is 0 Å². The molecule has 0 saturated carbocycles. The Bertz CT molecular complexity index is 1050. The van der Waals surface area contributed by atoms with Crippen LogP contribution in [0.4, 0.5) is 14.9 Å². The highest BCUT2D eigenvalue weighted by Gasteiger charge is 2.27. The van der Waals surface area contributed by atoms with E-state index in [1.54, 1.807) is 15.5 Å². The van der Waals surface area contributed by atoms with Crippen LogP contribution in [0, 0.1) is 5.82 Å². The fourth-order valence-corrected chi connectivity index (χ4v) is 3.61. The van der Waals surface area contributed by atoms with Gasteiger partial charge in [-0.05, 0) is 46.8 Å². The van der Waals surface area contributed by atoms with Crippen LogP contribution in [0.1, 0.15) is 45.0 Å². The number of nitrogens with zero attached hydrogens (tertiary/aromatic N) is 3. The number of aryl methyl sites for hydroxylation is 1. The molecule has 1 fully saturated rings. The van der Waals surface area contributed by atoms with Crippen molar-refractivity contribution < 1.29 is 18.7 Å². The number of Topliss-reactive ketones (excluding diaryl/α,β-unsaturated/α-hetero) is 1. The summed E-state index contributed by atoms with van der Waals surface area (Å²) in [5.74, 6) is -0.861. The van der Waals surface area contributed by atoms with E-state index in [1.165, 1.54) is 19.2 Å². The normalized spacial score (nSPS) is 14.9. The molecule has 0 radical (unpaired) electrons. The summed E-state index contributed by atoms with van der Waals surface area (Å²) in [7, 11) is 0. The number of halogens is 1. The molecule has 1 aromatic carbocycles. The van der Waals surface area contributed by atoms with Gasteiger partial charge in [-0.3, -0.25) is 9.59 Å². The molecule has 0 spiro atoms. The highest BCUT2D eigenvalue weighted by Crippen LogP contribution is 2.26. The van der Waals surface area contributed by atoms with E-state index >= 15 is 0 Å². The molecule has 8 heteroatoms.